The zero-order valence-electron chi connectivity index (χ0n) is 16.7. The van der Waals surface area contributed by atoms with Gasteiger partial charge in [-0.2, -0.15) is 0 Å². The van der Waals surface area contributed by atoms with Crippen molar-refractivity contribution in [1.29, 1.82) is 0 Å². The first-order valence-corrected chi connectivity index (χ1v) is 10.7. The average molecular weight is 408 g/mol. The van der Waals surface area contributed by atoms with Gasteiger partial charge in [0, 0.05) is 29.7 Å². The highest BCUT2D eigenvalue weighted by Gasteiger charge is 2.17. The number of hydrogen-bond acceptors (Lipinski definition) is 4. The van der Waals surface area contributed by atoms with Gasteiger partial charge < -0.3 is 4.90 Å². The molecule has 0 radical (unpaired) electrons. The maximum absolute atomic E-state index is 13.0. The highest BCUT2D eigenvalue weighted by molar-refractivity contribution is 7.99. The third-order valence-corrected chi connectivity index (χ3v) is 5.52. The first-order chi connectivity index (χ1) is 14.1. The fraction of sp³-hybridized carbons (Fsp3) is 0.261. The van der Waals surface area contributed by atoms with Crippen molar-refractivity contribution >= 4 is 23.4 Å². The lowest BCUT2D eigenvalue weighted by molar-refractivity contribution is -0.119. The summed E-state index contributed by atoms with van der Waals surface area (Å²) >= 11 is 1.51. The zero-order valence-corrected chi connectivity index (χ0v) is 17.6. The van der Waals surface area contributed by atoms with Crippen LogP contribution in [-0.4, -0.2) is 27.8 Å². The number of nitrogens with zero attached hydrogens (tertiary/aromatic N) is 3. The van der Waals surface area contributed by atoms with Gasteiger partial charge in [-0.25, -0.2) is 4.98 Å². The summed E-state index contributed by atoms with van der Waals surface area (Å²) in [5, 5.41) is 0.586. The van der Waals surface area contributed by atoms with Crippen molar-refractivity contribution in [1.82, 2.24) is 9.55 Å². The lowest BCUT2D eigenvalue weighted by Gasteiger charge is -2.22. The Balaban J connectivity index is 1.77. The number of anilines is 1. The van der Waals surface area contributed by atoms with Crippen LogP contribution in [0.25, 0.3) is 0 Å². The summed E-state index contributed by atoms with van der Waals surface area (Å²) in [6.07, 6.45) is 0.869. The average Bonchev–Trinajstić information content (AvgIpc) is 2.72. The van der Waals surface area contributed by atoms with Crippen LogP contribution in [0.4, 0.5) is 5.69 Å². The Morgan fingerprint density at radius 1 is 1.07 bits per heavy atom. The molecule has 6 heteroatoms. The molecule has 0 fully saturated rings. The lowest BCUT2D eigenvalue weighted by atomic mass is 10.2. The van der Waals surface area contributed by atoms with Gasteiger partial charge in [-0.1, -0.05) is 60.3 Å². The van der Waals surface area contributed by atoms with Gasteiger partial charge in [0.15, 0.2) is 5.16 Å². The summed E-state index contributed by atoms with van der Waals surface area (Å²) in [7, 11) is 0. The zero-order chi connectivity index (χ0) is 20.6. The molecule has 2 aromatic carbocycles. The van der Waals surface area contributed by atoms with E-state index >= 15 is 0 Å². The quantitative estimate of drug-likeness (QED) is 0.419. The summed E-state index contributed by atoms with van der Waals surface area (Å²) < 4.78 is 1.48. The Morgan fingerprint density at radius 3 is 2.38 bits per heavy atom. The topological polar surface area (TPSA) is 55.2 Å². The van der Waals surface area contributed by atoms with E-state index in [-0.39, 0.29) is 18.0 Å². The summed E-state index contributed by atoms with van der Waals surface area (Å²) in [4.78, 5) is 31.8. The Kier molecular flexibility index (Phi) is 7.25. The van der Waals surface area contributed by atoms with E-state index in [1.807, 2.05) is 55.5 Å². The second-order valence-corrected chi connectivity index (χ2v) is 7.72. The molecule has 5 nitrogen and oxygen atoms in total. The highest BCUT2D eigenvalue weighted by Crippen LogP contribution is 2.18. The molecule has 0 bridgehead atoms. The molecule has 0 unspecified atom stereocenters. The molecule has 0 aliphatic rings. The second-order valence-electron chi connectivity index (χ2n) is 6.66. The monoisotopic (exact) mass is 407 g/mol. The van der Waals surface area contributed by atoms with Crippen molar-refractivity contribution in [2.24, 2.45) is 0 Å². The molecule has 0 saturated carbocycles. The molecule has 0 aliphatic heterocycles. The van der Waals surface area contributed by atoms with E-state index in [4.69, 9.17) is 0 Å². The summed E-state index contributed by atoms with van der Waals surface area (Å²) in [5.74, 6) is 0.654. The number of carbonyl (C=O) groups is 1. The number of carbonyl (C=O) groups excluding carboxylic acids is 1. The van der Waals surface area contributed by atoms with Crippen LogP contribution in [0.3, 0.4) is 0 Å². The predicted molar refractivity (Wildman–Crippen MR) is 119 cm³/mol. The normalized spacial score (nSPS) is 10.7. The van der Waals surface area contributed by atoms with Gasteiger partial charge in [0.25, 0.3) is 5.56 Å². The molecule has 1 heterocycles. The highest BCUT2D eigenvalue weighted by atomic mass is 32.2. The number of aromatic nitrogens is 2. The summed E-state index contributed by atoms with van der Waals surface area (Å²) in [6.45, 7) is 4.24. The van der Waals surface area contributed by atoms with Crippen molar-refractivity contribution in [3.8, 4) is 0 Å². The maximum Gasteiger partial charge on any atom is 0.254 e. The van der Waals surface area contributed by atoms with Crippen LogP contribution in [0.5, 0.6) is 0 Å². The standard InChI is InChI=1S/C23H25N3O2S/c1-3-25(20-12-8-5-9-13-20)22(28)17-26-21(27)16-18(2)24-23(26)29-15-14-19-10-6-4-7-11-19/h4-13,16H,3,14-15,17H2,1-2H3. The smallest absolute Gasteiger partial charge is 0.254 e. The van der Waals surface area contributed by atoms with Gasteiger partial charge >= 0.3 is 0 Å². The Hall–Kier alpha value is -2.86. The molecule has 150 valence electrons. The van der Waals surface area contributed by atoms with Crippen LogP contribution in [0.2, 0.25) is 0 Å². The predicted octanol–water partition coefficient (Wildman–Crippen LogP) is 3.94. The molecule has 1 aromatic heterocycles. The second kappa shape index (κ2) is 10.1. The van der Waals surface area contributed by atoms with E-state index in [0.717, 1.165) is 17.9 Å². The van der Waals surface area contributed by atoms with E-state index in [1.54, 1.807) is 11.8 Å². The van der Waals surface area contributed by atoms with Crippen molar-refractivity contribution in [3.05, 3.63) is 88.3 Å². The van der Waals surface area contributed by atoms with Crippen molar-refractivity contribution in [2.75, 3.05) is 17.2 Å². The fourth-order valence-electron chi connectivity index (χ4n) is 3.09. The van der Waals surface area contributed by atoms with Crippen LogP contribution in [0.15, 0.2) is 76.7 Å². The molecule has 0 atom stereocenters. The van der Waals surface area contributed by atoms with Crippen molar-refractivity contribution in [3.63, 3.8) is 0 Å². The number of hydrogen-bond donors (Lipinski definition) is 0. The molecule has 0 saturated heterocycles. The minimum atomic E-state index is -0.197. The van der Waals surface area contributed by atoms with Crippen LogP contribution in [-0.2, 0) is 17.8 Å². The van der Waals surface area contributed by atoms with E-state index < -0.39 is 0 Å². The van der Waals surface area contributed by atoms with Crippen LogP contribution in [0, 0.1) is 6.92 Å². The minimum Gasteiger partial charge on any atom is -0.311 e. The third kappa shape index (κ3) is 5.57. The van der Waals surface area contributed by atoms with Crippen LogP contribution in [0.1, 0.15) is 18.2 Å². The Bertz CT molecular complexity index is 1000. The number of aryl methyl sites for hydroxylation is 2. The van der Waals surface area contributed by atoms with Gasteiger partial charge in [-0.3, -0.25) is 14.2 Å². The lowest BCUT2D eigenvalue weighted by Crippen LogP contribution is -2.37. The molecular weight excluding hydrogens is 382 g/mol. The van der Waals surface area contributed by atoms with E-state index in [9.17, 15) is 9.59 Å². The van der Waals surface area contributed by atoms with Crippen LogP contribution < -0.4 is 10.5 Å². The third-order valence-electron chi connectivity index (χ3n) is 4.54. The summed E-state index contributed by atoms with van der Waals surface area (Å²) in [5.41, 5.74) is 2.53. The molecule has 3 aromatic rings. The number of benzene rings is 2. The van der Waals surface area contributed by atoms with E-state index in [1.165, 1.54) is 28.0 Å². The van der Waals surface area contributed by atoms with E-state index in [0.29, 0.717) is 17.4 Å². The maximum atomic E-state index is 13.0. The minimum absolute atomic E-state index is 0.0253. The van der Waals surface area contributed by atoms with Gasteiger partial charge in [0.2, 0.25) is 5.91 Å². The fourth-order valence-corrected chi connectivity index (χ4v) is 4.13. The van der Waals surface area contributed by atoms with Gasteiger partial charge in [0.1, 0.15) is 6.54 Å². The summed E-state index contributed by atoms with van der Waals surface area (Å²) in [6, 6.07) is 21.2. The SMILES string of the molecule is CCN(C(=O)Cn1c(SCCc2ccccc2)nc(C)cc1=O)c1ccccc1. The molecule has 1 amide bonds. The molecule has 3 rings (SSSR count). The van der Waals surface area contributed by atoms with Crippen molar-refractivity contribution < 1.29 is 4.79 Å². The van der Waals surface area contributed by atoms with Crippen molar-refractivity contribution in [2.45, 2.75) is 32.0 Å². The number of rotatable bonds is 8. The van der Waals surface area contributed by atoms with Crippen LogP contribution >= 0.6 is 11.8 Å². The number of amides is 1. The first kappa shape index (κ1) is 20.9. The molecule has 0 aliphatic carbocycles. The number of likely N-dealkylation sites (N-methyl/N-ethyl adjacent to an activating group) is 1. The number of thioether (sulfide) groups is 1. The van der Waals surface area contributed by atoms with E-state index in [2.05, 4.69) is 17.1 Å². The molecule has 0 spiro atoms. The molecule has 0 N–H and O–H groups in total. The Labute approximate surface area is 175 Å². The largest absolute Gasteiger partial charge is 0.311 e. The van der Waals surface area contributed by atoms with Gasteiger partial charge in [0.05, 0.1) is 0 Å². The first-order valence-electron chi connectivity index (χ1n) is 9.69. The van der Waals surface area contributed by atoms with Gasteiger partial charge in [-0.15, -0.1) is 0 Å². The Morgan fingerprint density at radius 2 is 1.72 bits per heavy atom. The molecule has 29 heavy (non-hydrogen) atoms. The molecular formula is C23H25N3O2S. The van der Waals surface area contributed by atoms with Gasteiger partial charge in [-0.05, 0) is 38.0 Å². The number of para-hydroxylation sites is 1.